The van der Waals surface area contributed by atoms with E-state index in [1.54, 1.807) is 34.8 Å². The summed E-state index contributed by atoms with van der Waals surface area (Å²) in [7, 11) is -3.52. The van der Waals surface area contributed by atoms with E-state index in [-0.39, 0.29) is 17.0 Å². The Balaban J connectivity index is 1.22. The van der Waals surface area contributed by atoms with Gasteiger partial charge in [0.05, 0.1) is 23.0 Å². The van der Waals surface area contributed by atoms with Crippen LogP contribution in [0.15, 0.2) is 41.6 Å². The Labute approximate surface area is 175 Å². The number of aromatic nitrogens is 2. The molecule has 3 fully saturated rings. The first-order valence-corrected chi connectivity index (χ1v) is 11.8. The summed E-state index contributed by atoms with van der Waals surface area (Å²) < 4.78 is 33.5. The molecule has 3 heterocycles. The normalized spacial score (nSPS) is 25.7. The minimum Gasteiger partial charge on any atom is -0.472 e. The van der Waals surface area contributed by atoms with Crippen molar-refractivity contribution in [3.63, 3.8) is 0 Å². The van der Waals surface area contributed by atoms with Crippen molar-refractivity contribution in [3.05, 3.63) is 47.4 Å². The predicted molar refractivity (Wildman–Crippen MR) is 109 cm³/mol. The third-order valence-corrected chi connectivity index (χ3v) is 8.05. The standard InChI is InChI=1S/C20H23ClN4O3S/c21-15-3-5-18(6-4-15)29(26,27)25-8-7-24-13-17(9-16(24)12-25)28-20-11-22-19(10-23-20)14-1-2-14/h3-6,10-11,14,16-17H,1-2,7-9,12-13H2/t16-,17+/m0/s1. The lowest BCUT2D eigenvalue weighted by Crippen LogP contribution is -2.51. The van der Waals surface area contributed by atoms with Gasteiger partial charge in [0.2, 0.25) is 15.9 Å². The number of ether oxygens (including phenoxy) is 1. The Kier molecular flexibility index (Phi) is 4.98. The fraction of sp³-hybridized carbons (Fsp3) is 0.500. The average Bonchev–Trinajstić information content (AvgIpc) is 3.48. The summed E-state index contributed by atoms with van der Waals surface area (Å²) in [6.45, 7) is 2.43. The fourth-order valence-corrected chi connectivity index (χ4v) is 5.77. The molecule has 0 unspecified atom stereocenters. The number of fused-ring (bicyclic) bond motifs is 1. The number of halogens is 1. The molecular formula is C20H23ClN4O3S. The Hall–Kier alpha value is -1.74. The zero-order valence-corrected chi connectivity index (χ0v) is 17.5. The van der Waals surface area contributed by atoms with E-state index in [9.17, 15) is 8.42 Å². The molecule has 0 bridgehead atoms. The van der Waals surface area contributed by atoms with Crippen LogP contribution in [0.1, 0.15) is 30.9 Å². The molecule has 1 saturated carbocycles. The summed E-state index contributed by atoms with van der Waals surface area (Å²) in [6, 6.07) is 6.50. The number of sulfonamides is 1. The van der Waals surface area contributed by atoms with E-state index in [2.05, 4.69) is 14.9 Å². The minimum absolute atomic E-state index is 0.000684. The van der Waals surface area contributed by atoms with Gasteiger partial charge in [-0.05, 0) is 37.1 Å². The van der Waals surface area contributed by atoms with E-state index >= 15 is 0 Å². The molecule has 0 N–H and O–H groups in total. The van der Waals surface area contributed by atoms with Gasteiger partial charge in [-0.3, -0.25) is 9.88 Å². The van der Waals surface area contributed by atoms with Crippen molar-refractivity contribution in [2.75, 3.05) is 26.2 Å². The maximum Gasteiger partial charge on any atom is 0.243 e. The van der Waals surface area contributed by atoms with Gasteiger partial charge in [-0.25, -0.2) is 13.4 Å². The van der Waals surface area contributed by atoms with Gasteiger partial charge in [-0.1, -0.05) is 11.6 Å². The van der Waals surface area contributed by atoms with Gasteiger partial charge in [-0.2, -0.15) is 4.31 Å². The molecular weight excluding hydrogens is 412 g/mol. The third kappa shape index (κ3) is 3.99. The molecule has 154 valence electrons. The lowest BCUT2D eigenvalue weighted by molar-refractivity contribution is 0.151. The molecule has 3 aliphatic rings. The fourth-order valence-electron chi connectivity index (χ4n) is 4.17. The highest BCUT2D eigenvalue weighted by Crippen LogP contribution is 2.38. The number of benzene rings is 1. The quantitative estimate of drug-likeness (QED) is 0.719. The molecule has 1 aromatic carbocycles. The number of piperazine rings is 1. The zero-order chi connectivity index (χ0) is 20.0. The van der Waals surface area contributed by atoms with Crippen molar-refractivity contribution in [1.82, 2.24) is 19.2 Å². The van der Waals surface area contributed by atoms with Crippen LogP contribution < -0.4 is 4.74 Å². The lowest BCUT2D eigenvalue weighted by atomic mass is 10.2. The first-order chi connectivity index (χ1) is 14.0. The number of nitrogens with zero attached hydrogens (tertiary/aromatic N) is 4. The van der Waals surface area contributed by atoms with Crippen LogP contribution in [0.2, 0.25) is 5.02 Å². The Morgan fingerprint density at radius 2 is 1.83 bits per heavy atom. The second kappa shape index (κ2) is 7.50. The topological polar surface area (TPSA) is 75.6 Å². The highest BCUT2D eigenvalue weighted by Gasteiger charge is 2.41. The van der Waals surface area contributed by atoms with Crippen LogP contribution in [0.4, 0.5) is 0 Å². The van der Waals surface area contributed by atoms with Crippen LogP contribution in [0.25, 0.3) is 0 Å². The zero-order valence-electron chi connectivity index (χ0n) is 15.9. The summed E-state index contributed by atoms with van der Waals surface area (Å²) in [5, 5.41) is 0.526. The average molecular weight is 435 g/mol. The molecule has 2 aliphatic heterocycles. The second-order valence-electron chi connectivity index (χ2n) is 8.00. The molecule has 2 saturated heterocycles. The Morgan fingerprint density at radius 3 is 2.52 bits per heavy atom. The van der Waals surface area contributed by atoms with Gasteiger partial charge in [-0.15, -0.1) is 0 Å². The summed E-state index contributed by atoms with van der Waals surface area (Å²) in [5.41, 5.74) is 1.05. The first kappa shape index (κ1) is 19.2. The van der Waals surface area contributed by atoms with Crippen molar-refractivity contribution < 1.29 is 13.2 Å². The summed E-state index contributed by atoms with van der Waals surface area (Å²) in [4.78, 5) is 11.5. The SMILES string of the molecule is O=S(=O)(c1ccc(Cl)cc1)N1CCN2C[C@H](Oc3cnc(C4CC4)cn3)C[C@H]2C1. The monoisotopic (exact) mass is 434 g/mol. The number of hydrogen-bond donors (Lipinski definition) is 0. The van der Waals surface area contributed by atoms with Crippen molar-refractivity contribution in [1.29, 1.82) is 0 Å². The van der Waals surface area contributed by atoms with E-state index < -0.39 is 10.0 Å². The molecule has 0 amide bonds. The second-order valence-corrected chi connectivity index (χ2v) is 10.4. The van der Waals surface area contributed by atoms with Crippen molar-refractivity contribution >= 4 is 21.6 Å². The van der Waals surface area contributed by atoms with Crippen LogP contribution >= 0.6 is 11.6 Å². The molecule has 29 heavy (non-hydrogen) atoms. The third-order valence-electron chi connectivity index (χ3n) is 5.92. The van der Waals surface area contributed by atoms with Crippen LogP contribution in [0, 0.1) is 0 Å². The smallest absolute Gasteiger partial charge is 0.243 e. The largest absolute Gasteiger partial charge is 0.472 e. The van der Waals surface area contributed by atoms with Gasteiger partial charge >= 0.3 is 0 Å². The van der Waals surface area contributed by atoms with E-state index in [4.69, 9.17) is 16.3 Å². The van der Waals surface area contributed by atoms with Crippen LogP contribution in [-0.2, 0) is 10.0 Å². The van der Waals surface area contributed by atoms with E-state index in [1.807, 2.05) is 6.20 Å². The summed E-state index contributed by atoms with van der Waals surface area (Å²) in [6.07, 6.45) is 6.70. The molecule has 2 aromatic rings. The highest BCUT2D eigenvalue weighted by atomic mass is 35.5. The maximum atomic E-state index is 13.0. The van der Waals surface area contributed by atoms with Crippen LogP contribution in [0.3, 0.4) is 0 Å². The summed E-state index contributed by atoms with van der Waals surface area (Å²) in [5.74, 6) is 1.12. The molecule has 1 aliphatic carbocycles. The van der Waals surface area contributed by atoms with Gasteiger partial charge < -0.3 is 4.74 Å². The van der Waals surface area contributed by atoms with Gasteiger partial charge in [0.25, 0.3) is 0 Å². The van der Waals surface area contributed by atoms with E-state index in [0.717, 1.165) is 18.7 Å². The molecule has 1 aromatic heterocycles. The summed E-state index contributed by atoms with van der Waals surface area (Å²) >= 11 is 5.89. The van der Waals surface area contributed by atoms with E-state index in [1.165, 1.54) is 12.8 Å². The maximum absolute atomic E-state index is 13.0. The van der Waals surface area contributed by atoms with Crippen LogP contribution in [-0.4, -0.2) is 65.9 Å². The number of hydrogen-bond acceptors (Lipinski definition) is 6. The molecule has 2 atom stereocenters. The molecule has 9 heteroatoms. The molecule has 0 radical (unpaired) electrons. The van der Waals surface area contributed by atoms with Crippen molar-refractivity contribution in [3.8, 4) is 5.88 Å². The first-order valence-electron chi connectivity index (χ1n) is 9.97. The van der Waals surface area contributed by atoms with Crippen molar-refractivity contribution in [2.24, 2.45) is 0 Å². The van der Waals surface area contributed by atoms with Gasteiger partial charge in [0.1, 0.15) is 6.10 Å². The molecule has 0 spiro atoms. The van der Waals surface area contributed by atoms with Gasteiger partial charge in [0.15, 0.2) is 0 Å². The number of rotatable bonds is 5. The Bertz CT molecular complexity index is 980. The molecule has 5 rings (SSSR count). The highest BCUT2D eigenvalue weighted by molar-refractivity contribution is 7.89. The van der Waals surface area contributed by atoms with Crippen LogP contribution in [0.5, 0.6) is 5.88 Å². The molecule has 7 nitrogen and oxygen atoms in total. The van der Waals surface area contributed by atoms with Gasteiger partial charge in [0, 0.05) is 49.6 Å². The minimum atomic E-state index is -3.52. The van der Waals surface area contributed by atoms with Crippen molar-refractivity contribution in [2.45, 2.75) is 42.2 Å². The Morgan fingerprint density at radius 1 is 1.03 bits per heavy atom. The van der Waals surface area contributed by atoms with E-state index in [0.29, 0.717) is 36.5 Å². The lowest BCUT2D eigenvalue weighted by Gasteiger charge is -2.36. The predicted octanol–water partition coefficient (Wildman–Crippen LogP) is 2.53.